The van der Waals surface area contributed by atoms with E-state index in [0.717, 1.165) is 16.1 Å². The highest BCUT2D eigenvalue weighted by atomic mass is 79.9. The van der Waals surface area contributed by atoms with Crippen molar-refractivity contribution in [1.82, 2.24) is 0 Å². The summed E-state index contributed by atoms with van der Waals surface area (Å²) < 4.78 is 20.0. The van der Waals surface area contributed by atoms with Gasteiger partial charge in [-0.05, 0) is 36.8 Å². The van der Waals surface area contributed by atoms with E-state index in [-0.39, 0.29) is 11.4 Å². The molecule has 4 nitrogen and oxygen atoms in total. The Kier molecular flexibility index (Phi) is 3.80. The van der Waals surface area contributed by atoms with Crippen molar-refractivity contribution < 1.29 is 14.1 Å². The largest absolute Gasteiger partial charge is 0.454 e. The second-order valence-corrected chi connectivity index (χ2v) is 4.80. The summed E-state index contributed by atoms with van der Waals surface area (Å²) in [6.45, 7) is 1.82. The molecule has 0 aliphatic heterocycles. The van der Waals surface area contributed by atoms with Crippen LogP contribution in [0.4, 0.5) is 10.1 Å². The van der Waals surface area contributed by atoms with Crippen LogP contribution >= 0.6 is 15.9 Å². The zero-order valence-electron chi connectivity index (χ0n) is 9.89. The van der Waals surface area contributed by atoms with Gasteiger partial charge < -0.3 is 4.74 Å². The van der Waals surface area contributed by atoms with Gasteiger partial charge in [0.05, 0.1) is 11.0 Å². The number of nitro benzene ring substituents is 1. The average molecular weight is 326 g/mol. The molecule has 0 heterocycles. The second kappa shape index (κ2) is 5.36. The number of non-ortho nitro benzene ring substituents is 1. The number of nitro groups is 1. The Hall–Kier alpha value is -1.95. The van der Waals surface area contributed by atoms with Crippen LogP contribution < -0.4 is 4.74 Å². The Morgan fingerprint density at radius 3 is 2.47 bits per heavy atom. The minimum atomic E-state index is -0.767. The van der Waals surface area contributed by atoms with Crippen molar-refractivity contribution in [1.29, 1.82) is 0 Å². The number of rotatable bonds is 3. The van der Waals surface area contributed by atoms with Crippen LogP contribution in [-0.4, -0.2) is 4.92 Å². The fourth-order valence-corrected chi connectivity index (χ4v) is 2.01. The van der Waals surface area contributed by atoms with E-state index in [2.05, 4.69) is 15.9 Å². The lowest BCUT2D eigenvalue weighted by Gasteiger charge is -2.09. The summed E-state index contributed by atoms with van der Waals surface area (Å²) in [6, 6.07) is 8.58. The molecule has 0 saturated carbocycles. The van der Waals surface area contributed by atoms with Crippen molar-refractivity contribution in [3.05, 3.63) is 62.4 Å². The minimum Gasteiger partial charge on any atom is -0.454 e. The zero-order valence-corrected chi connectivity index (χ0v) is 11.5. The summed E-state index contributed by atoms with van der Waals surface area (Å²) in [5, 5.41) is 10.5. The zero-order chi connectivity index (χ0) is 14.0. The Morgan fingerprint density at radius 1 is 1.21 bits per heavy atom. The first-order valence-electron chi connectivity index (χ1n) is 5.35. The van der Waals surface area contributed by atoms with Crippen molar-refractivity contribution in [2.75, 3.05) is 0 Å². The normalized spacial score (nSPS) is 10.3. The number of hydrogen-bond acceptors (Lipinski definition) is 3. The van der Waals surface area contributed by atoms with Crippen molar-refractivity contribution >= 4 is 21.6 Å². The van der Waals surface area contributed by atoms with E-state index in [4.69, 9.17) is 4.74 Å². The van der Waals surface area contributed by atoms with E-state index in [0.29, 0.717) is 5.75 Å². The van der Waals surface area contributed by atoms with Gasteiger partial charge in [0.2, 0.25) is 0 Å². The Balaban J connectivity index is 2.31. The molecule has 2 rings (SSSR count). The van der Waals surface area contributed by atoms with Crippen LogP contribution in [0.1, 0.15) is 5.56 Å². The average Bonchev–Trinajstić information content (AvgIpc) is 2.34. The number of nitrogens with zero attached hydrogens (tertiary/aromatic N) is 1. The smallest absolute Gasteiger partial charge is 0.272 e. The number of aryl methyl sites for hydroxylation is 1. The molecule has 0 spiro atoms. The second-order valence-electron chi connectivity index (χ2n) is 3.88. The fraction of sp³-hybridized carbons (Fsp3) is 0.0769. The van der Waals surface area contributed by atoms with E-state index in [9.17, 15) is 14.5 Å². The summed E-state index contributed by atoms with van der Waals surface area (Å²) in [6.07, 6.45) is 0. The quantitative estimate of drug-likeness (QED) is 0.612. The predicted molar refractivity (Wildman–Crippen MR) is 72.0 cm³/mol. The van der Waals surface area contributed by atoms with E-state index in [1.807, 2.05) is 13.0 Å². The van der Waals surface area contributed by atoms with Crippen LogP contribution in [0, 0.1) is 22.9 Å². The molecular formula is C13H9BrFNO3. The van der Waals surface area contributed by atoms with E-state index in [1.54, 1.807) is 12.1 Å². The molecule has 2 aromatic rings. The molecule has 0 aliphatic rings. The maximum absolute atomic E-state index is 13.7. The molecule has 0 atom stereocenters. The van der Waals surface area contributed by atoms with Gasteiger partial charge in [-0.3, -0.25) is 10.1 Å². The molecule has 0 N–H and O–H groups in total. The van der Waals surface area contributed by atoms with Gasteiger partial charge >= 0.3 is 0 Å². The molecule has 2 aromatic carbocycles. The van der Waals surface area contributed by atoms with Gasteiger partial charge in [0.25, 0.3) is 5.69 Å². The van der Waals surface area contributed by atoms with Crippen LogP contribution in [0.15, 0.2) is 40.9 Å². The third-order valence-electron chi connectivity index (χ3n) is 2.48. The van der Waals surface area contributed by atoms with E-state index in [1.165, 1.54) is 12.1 Å². The molecule has 0 fully saturated rings. The molecule has 0 saturated heterocycles. The molecule has 0 radical (unpaired) electrons. The predicted octanol–water partition coefficient (Wildman–Crippen LogP) is 4.60. The molecule has 0 aliphatic carbocycles. The Morgan fingerprint density at radius 2 is 1.89 bits per heavy atom. The van der Waals surface area contributed by atoms with E-state index < -0.39 is 10.7 Å². The highest BCUT2D eigenvalue weighted by Crippen LogP contribution is 2.30. The molecule has 0 amide bonds. The topological polar surface area (TPSA) is 52.4 Å². The van der Waals surface area contributed by atoms with Crippen molar-refractivity contribution in [2.45, 2.75) is 6.92 Å². The first-order valence-corrected chi connectivity index (χ1v) is 6.14. The monoisotopic (exact) mass is 325 g/mol. The molecular weight excluding hydrogens is 317 g/mol. The van der Waals surface area contributed by atoms with Crippen molar-refractivity contribution in [3.63, 3.8) is 0 Å². The molecule has 19 heavy (non-hydrogen) atoms. The first kappa shape index (κ1) is 13.5. The highest BCUT2D eigenvalue weighted by Gasteiger charge is 2.13. The minimum absolute atomic E-state index is 0.0453. The molecule has 6 heteroatoms. The van der Waals surface area contributed by atoms with Crippen LogP contribution in [0.5, 0.6) is 11.5 Å². The van der Waals surface area contributed by atoms with Gasteiger partial charge in [-0.25, -0.2) is 4.39 Å². The van der Waals surface area contributed by atoms with Gasteiger partial charge in [-0.1, -0.05) is 15.9 Å². The SMILES string of the molecule is Cc1cc(Br)ccc1Oc1ccc([N+](=O)[O-])cc1F. The Labute approximate surface area is 117 Å². The van der Waals surface area contributed by atoms with Gasteiger partial charge in [-0.2, -0.15) is 0 Å². The first-order chi connectivity index (χ1) is 8.97. The molecule has 0 unspecified atom stereocenters. The van der Waals surface area contributed by atoms with Gasteiger partial charge in [0.1, 0.15) is 5.75 Å². The summed E-state index contributed by atoms with van der Waals surface area (Å²) in [5.41, 5.74) is 0.518. The van der Waals surface area contributed by atoms with Gasteiger partial charge in [0, 0.05) is 10.5 Å². The number of hydrogen-bond donors (Lipinski definition) is 0. The van der Waals surface area contributed by atoms with E-state index >= 15 is 0 Å². The number of benzene rings is 2. The third-order valence-corrected chi connectivity index (χ3v) is 2.98. The lowest BCUT2D eigenvalue weighted by molar-refractivity contribution is -0.385. The van der Waals surface area contributed by atoms with Crippen LogP contribution in [0.2, 0.25) is 0 Å². The van der Waals surface area contributed by atoms with Crippen LogP contribution in [-0.2, 0) is 0 Å². The fourth-order valence-electron chi connectivity index (χ4n) is 1.53. The summed E-state index contributed by atoms with van der Waals surface area (Å²) >= 11 is 3.32. The Bertz CT molecular complexity index is 646. The maximum atomic E-state index is 13.7. The lowest BCUT2D eigenvalue weighted by atomic mass is 10.2. The van der Waals surface area contributed by atoms with Gasteiger partial charge in [-0.15, -0.1) is 0 Å². The maximum Gasteiger partial charge on any atom is 0.272 e. The van der Waals surface area contributed by atoms with Crippen molar-refractivity contribution in [3.8, 4) is 11.5 Å². The summed E-state index contributed by atoms with van der Waals surface area (Å²) in [5.74, 6) is -0.316. The molecule has 0 bridgehead atoms. The standard InChI is InChI=1S/C13H9BrFNO3/c1-8-6-9(14)2-4-12(8)19-13-5-3-10(16(17)18)7-11(13)15/h2-7H,1H3. The van der Waals surface area contributed by atoms with Crippen LogP contribution in [0.3, 0.4) is 0 Å². The third kappa shape index (κ3) is 3.08. The summed E-state index contributed by atoms with van der Waals surface area (Å²) in [7, 11) is 0. The summed E-state index contributed by atoms with van der Waals surface area (Å²) in [4.78, 5) is 9.85. The van der Waals surface area contributed by atoms with Crippen molar-refractivity contribution in [2.24, 2.45) is 0 Å². The lowest BCUT2D eigenvalue weighted by Crippen LogP contribution is -1.93. The van der Waals surface area contributed by atoms with Gasteiger partial charge in [0.15, 0.2) is 11.6 Å². The van der Waals surface area contributed by atoms with Crippen LogP contribution in [0.25, 0.3) is 0 Å². The number of ether oxygens (including phenoxy) is 1. The number of halogens is 2. The molecule has 0 aromatic heterocycles. The molecule has 98 valence electrons. The highest BCUT2D eigenvalue weighted by molar-refractivity contribution is 9.10.